The van der Waals surface area contributed by atoms with Crippen LogP contribution in [0.2, 0.25) is 0 Å². The van der Waals surface area contributed by atoms with Crippen LogP contribution < -0.4 is 5.32 Å². The Kier molecular flexibility index (Phi) is 4.66. The van der Waals surface area contributed by atoms with E-state index in [1.165, 1.54) is 16.7 Å². The van der Waals surface area contributed by atoms with Gasteiger partial charge < -0.3 is 5.32 Å². The maximum Gasteiger partial charge on any atom is 0.147 e. The van der Waals surface area contributed by atoms with Gasteiger partial charge in [-0.05, 0) is 38.9 Å². The second kappa shape index (κ2) is 6.26. The Bertz CT molecular complexity index is 528. The summed E-state index contributed by atoms with van der Waals surface area (Å²) in [6.45, 7) is 9.48. The molecule has 0 saturated heterocycles. The average molecular weight is 275 g/mol. The van der Waals surface area contributed by atoms with Gasteiger partial charge in [-0.2, -0.15) is 0 Å². The molecule has 1 aromatic carbocycles. The second-order valence-electron chi connectivity index (χ2n) is 4.84. The molecule has 1 N–H and O–H groups in total. The highest BCUT2D eigenvalue weighted by Gasteiger charge is 2.14. The Hall–Kier alpha value is -1.26. The highest BCUT2D eigenvalue weighted by Crippen LogP contribution is 2.29. The molecule has 1 aromatic heterocycles. The predicted molar refractivity (Wildman–Crippen MR) is 81.5 cm³/mol. The van der Waals surface area contributed by atoms with E-state index in [9.17, 15) is 0 Å². The van der Waals surface area contributed by atoms with Crippen molar-refractivity contribution in [2.45, 2.75) is 40.2 Å². The first-order valence-electron chi connectivity index (χ1n) is 6.79. The van der Waals surface area contributed by atoms with E-state index in [4.69, 9.17) is 0 Å². The van der Waals surface area contributed by atoms with Gasteiger partial charge in [-0.25, -0.2) is 0 Å². The lowest BCUT2D eigenvalue weighted by atomic mass is 10.1. The summed E-state index contributed by atoms with van der Waals surface area (Å²) in [4.78, 5) is 0. The molecule has 0 aliphatic carbocycles. The number of nitrogens with one attached hydrogen (secondary N) is 1. The zero-order chi connectivity index (χ0) is 13.8. The molecule has 3 nitrogen and oxygen atoms in total. The van der Waals surface area contributed by atoms with Gasteiger partial charge in [0.05, 0.1) is 6.04 Å². The average Bonchev–Trinajstić information content (AvgIpc) is 2.84. The Morgan fingerprint density at radius 2 is 1.79 bits per heavy atom. The number of hydrogen-bond acceptors (Lipinski definition) is 4. The standard InChI is InChI=1S/C15H21N3S/c1-5-13(16-6-2)15-18-17-14(19-15)12-8-10(3)7-11(4)9-12/h7-9,13,16H,5-6H2,1-4H3. The van der Waals surface area contributed by atoms with Crippen molar-refractivity contribution < 1.29 is 0 Å². The lowest BCUT2D eigenvalue weighted by Crippen LogP contribution is -2.19. The second-order valence-corrected chi connectivity index (χ2v) is 5.85. The van der Waals surface area contributed by atoms with E-state index in [1.54, 1.807) is 11.3 Å². The van der Waals surface area contributed by atoms with Crippen molar-refractivity contribution in [3.63, 3.8) is 0 Å². The third-order valence-corrected chi connectivity index (χ3v) is 4.15. The minimum atomic E-state index is 0.321. The highest BCUT2D eigenvalue weighted by molar-refractivity contribution is 7.14. The van der Waals surface area contributed by atoms with Crippen LogP contribution in [0.3, 0.4) is 0 Å². The monoisotopic (exact) mass is 275 g/mol. The molecule has 19 heavy (non-hydrogen) atoms. The molecule has 0 bridgehead atoms. The predicted octanol–water partition coefficient (Wildman–Crippen LogP) is 3.88. The molecule has 2 rings (SSSR count). The Morgan fingerprint density at radius 3 is 2.37 bits per heavy atom. The molecule has 0 amide bonds. The molecule has 1 heterocycles. The minimum Gasteiger partial charge on any atom is -0.308 e. The SMILES string of the molecule is CCNC(CC)c1nnc(-c2cc(C)cc(C)c2)s1. The Labute approximate surface area is 119 Å². The lowest BCUT2D eigenvalue weighted by Gasteiger charge is -2.11. The summed E-state index contributed by atoms with van der Waals surface area (Å²) in [5, 5.41) is 14.2. The zero-order valence-corrected chi connectivity index (χ0v) is 12.8. The van der Waals surface area contributed by atoms with Gasteiger partial charge in [0.15, 0.2) is 0 Å². The van der Waals surface area contributed by atoms with Gasteiger partial charge in [0.2, 0.25) is 0 Å². The number of aromatic nitrogens is 2. The number of rotatable bonds is 5. The van der Waals surface area contributed by atoms with Crippen molar-refractivity contribution in [2.75, 3.05) is 6.54 Å². The molecule has 0 aliphatic rings. The third kappa shape index (κ3) is 3.39. The van der Waals surface area contributed by atoms with Gasteiger partial charge in [-0.3, -0.25) is 0 Å². The Balaban J connectivity index is 2.29. The Morgan fingerprint density at radius 1 is 1.11 bits per heavy atom. The smallest absolute Gasteiger partial charge is 0.147 e. The van der Waals surface area contributed by atoms with Crippen molar-refractivity contribution in [3.8, 4) is 10.6 Å². The number of aryl methyl sites for hydroxylation is 2. The molecule has 1 unspecified atom stereocenters. The van der Waals surface area contributed by atoms with Gasteiger partial charge in [-0.1, -0.05) is 42.4 Å². The fraction of sp³-hybridized carbons (Fsp3) is 0.467. The van der Waals surface area contributed by atoms with Crippen molar-refractivity contribution >= 4 is 11.3 Å². The van der Waals surface area contributed by atoms with Crippen molar-refractivity contribution in [3.05, 3.63) is 34.3 Å². The summed E-state index contributed by atoms with van der Waals surface area (Å²) < 4.78 is 0. The van der Waals surface area contributed by atoms with Crippen molar-refractivity contribution in [2.24, 2.45) is 0 Å². The van der Waals surface area contributed by atoms with Gasteiger partial charge in [-0.15, -0.1) is 10.2 Å². The van der Waals surface area contributed by atoms with E-state index in [0.717, 1.165) is 23.0 Å². The van der Waals surface area contributed by atoms with Crippen LogP contribution in [-0.4, -0.2) is 16.7 Å². The van der Waals surface area contributed by atoms with E-state index in [0.29, 0.717) is 6.04 Å². The molecule has 0 fully saturated rings. The van der Waals surface area contributed by atoms with Gasteiger partial charge in [0.25, 0.3) is 0 Å². The molecule has 0 aliphatic heterocycles. The van der Waals surface area contributed by atoms with Crippen LogP contribution in [0.15, 0.2) is 18.2 Å². The third-order valence-electron chi connectivity index (χ3n) is 3.07. The van der Waals surface area contributed by atoms with Crippen LogP contribution in [0.1, 0.15) is 42.4 Å². The molecular weight excluding hydrogens is 254 g/mol. The fourth-order valence-electron chi connectivity index (χ4n) is 2.24. The van der Waals surface area contributed by atoms with Gasteiger partial charge in [0.1, 0.15) is 10.0 Å². The molecular formula is C15H21N3S. The zero-order valence-electron chi connectivity index (χ0n) is 12.0. The maximum atomic E-state index is 4.35. The fourth-order valence-corrected chi connectivity index (χ4v) is 3.23. The lowest BCUT2D eigenvalue weighted by molar-refractivity contribution is 0.531. The summed E-state index contributed by atoms with van der Waals surface area (Å²) >= 11 is 1.69. The summed E-state index contributed by atoms with van der Waals surface area (Å²) in [6, 6.07) is 6.85. The van der Waals surface area contributed by atoms with Gasteiger partial charge >= 0.3 is 0 Å². The minimum absolute atomic E-state index is 0.321. The molecule has 102 valence electrons. The summed E-state index contributed by atoms with van der Waals surface area (Å²) in [6.07, 6.45) is 1.04. The highest BCUT2D eigenvalue weighted by atomic mass is 32.1. The molecule has 2 aromatic rings. The maximum absolute atomic E-state index is 4.35. The van der Waals surface area contributed by atoms with Crippen LogP contribution >= 0.6 is 11.3 Å². The van der Waals surface area contributed by atoms with E-state index >= 15 is 0 Å². The normalized spacial score (nSPS) is 12.6. The van der Waals surface area contributed by atoms with Crippen molar-refractivity contribution in [1.29, 1.82) is 0 Å². The van der Waals surface area contributed by atoms with Gasteiger partial charge in [0, 0.05) is 5.56 Å². The summed E-state index contributed by atoms with van der Waals surface area (Å²) in [5.74, 6) is 0. The first kappa shape index (κ1) is 14.2. The molecule has 1 atom stereocenters. The molecule has 0 spiro atoms. The molecule has 0 radical (unpaired) electrons. The van der Waals surface area contributed by atoms with Crippen LogP contribution in [-0.2, 0) is 0 Å². The topological polar surface area (TPSA) is 37.8 Å². The van der Waals surface area contributed by atoms with E-state index < -0.39 is 0 Å². The van der Waals surface area contributed by atoms with Crippen LogP contribution in [0, 0.1) is 13.8 Å². The summed E-state index contributed by atoms with van der Waals surface area (Å²) in [7, 11) is 0. The van der Waals surface area contributed by atoms with Crippen LogP contribution in [0.25, 0.3) is 10.6 Å². The first-order chi connectivity index (χ1) is 9.13. The van der Waals surface area contributed by atoms with E-state index in [-0.39, 0.29) is 0 Å². The van der Waals surface area contributed by atoms with Crippen LogP contribution in [0.5, 0.6) is 0 Å². The van der Waals surface area contributed by atoms with Crippen LogP contribution in [0.4, 0.5) is 0 Å². The number of hydrogen-bond donors (Lipinski definition) is 1. The van der Waals surface area contributed by atoms with E-state index in [2.05, 4.69) is 61.4 Å². The largest absolute Gasteiger partial charge is 0.308 e. The van der Waals surface area contributed by atoms with Crippen molar-refractivity contribution in [1.82, 2.24) is 15.5 Å². The number of nitrogens with zero attached hydrogens (tertiary/aromatic N) is 2. The number of benzene rings is 1. The van der Waals surface area contributed by atoms with E-state index in [1.807, 2.05) is 0 Å². The summed E-state index contributed by atoms with van der Waals surface area (Å²) in [5.41, 5.74) is 3.71. The quantitative estimate of drug-likeness (QED) is 0.899. The first-order valence-corrected chi connectivity index (χ1v) is 7.61. The molecule has 0 saturated carbocycles. The molecule has 4 heteroatoms.